The number of halogens is 2. The van der Waals surface area contributed by atoms with Gasteiger partial charge in [-0.1, -0.05) is 38.8 Å². The molecule has 0 aromatic rings. The second-order valence-corrected chi connectivity index (χ2v) is 7.42. The molecule has 0 spiro atoms. The quantitative estimate of drug-likeness (QED) is 0.733. The summed E-state index contributed by atoms with van der Waals surface area (Å²) in [6.45, 7) is 2.63. The molecule has 0 aliphatic heterocycles. The van der Waals surface area contributed by atoms with Crippen molar-refractivity contribution in [1.29, 1.82) is 0 Å². The van der Waals surface area contributed by atoms with Crippen LogP contribution >= 0.6 is 31.9 Å². The molecule has 2 fully saturated rings. The van der Waals surface area contributed by atoms with Gasteiger partial charge >= 0.3 is 0 Å². The van der Waals surface area contributed by atoms with E-state index in [4.69, 9.17) is 0 Å². The van der Waals surface area contributed by atoms with E-state index in [9.17, 15) is 5.11 Å². The van der Waals surface area contributed by atoms with Crippen molar-refractivity contribution in [3.63, 3.8) is 0 Å². The number of fused-ring (bicyclic) bond motifs is 1. The minimum Gasteiger partial charge on any atom is -0.396 e. The predicted molar refractivity (Wildman–Crippen MR) is 66.1 cm³/mol. The van der Waals surface area contributed by atoms with E-state index in [0.29, 0.717) is 16.3 Å². The highest BCUT2D eigenvalue weighted by Gasteiger charge is 2.59. The lowest BCUT2D eigenvalue weighted by molar-refractivity contribution is 0.200. The highest BCUT2D eigenvalue weighted by molar-refractivity contribution is 9.12. The summed E-state index contributed by atoms with van der Waals surface area (Å²) in [5.41, 5.74) is 0.254. The lowest BCUT2D eigenvalue weighted by Gasteiger charge is -2.18. The van der Waals surface area contributed by atoms with Crippen LogP contribution in [-0.4, -0.2) is 21.4 Å². The molecule has 0 aromatic heterocycles. The maximum atomic E-state index is 9.39. The van der Waals surface area contributed by atoms with Crippen LogP contribution in [0, 0.1) is 17.3 Å². The summed E-state index contributed by atoms with van der Waals surface area (Å²) >= 11 is 7.47. The Balaban J connectivity index is 1.99. The van der Waals surface area contributed by atoms with Crippen LogP contribution in [0.15, 0.2) is 0 Å². The van der Waals surface area contributed by atoms with Gasteiger partial charge in [0.05, 0.1) is 0 Å². The van der Waals surface area contributed by atoms with Gasteiger partial charge in [-0.15, -0.1) is 0 Å². The van der Waals surface area contributed by atoms with E-state index in [-0.39, 0.29) is 5.41 Å². The minimum absolute atomic E-state index is 0.254. The van der Waals surface area contributed by atoms with Gasteiger partial charge in [0.15, 0.2) is 0 Å². The fraction of sp³-hybridized carbons (Fsp3) is 1.00. The standard InChI is InChI=1S/C11H18Br2O/c1-11(6-14)7-2-4-9(12)10(13)5-3-8(7)11/h7-10,14H,2-6H2,1H3/t7-,8+,9-,10-,11?/m0/s1. The van der Waals surface area contributed by atoms with Crippen molar-refractivity contribution in [2.24, 2.45) is 17.3 Å². The zero-order valence-electron chi connectivity index (χ0n) is 8.55. The molecule has 0 saturated heterocycles. The first-order valence-electron chi connectivity index (χ1n) is 5.48. The Labute approximate surface area is 103 Å². The summed E-state index contributed by atoms with van der Waals surface area (Å²) in [7, 11) is 0. The van der Waals surface area contributed by atoms with Crippen molar-refractivity contribution in [2.45, 2.75) is 42.3 Å². The predicted octanol–water partition coefficient (Wildman–Crippen LogP) is 3.33. The third-order valence-electron chi connectivity index (χ3n) is 4.31. The molecule has 0 heterocycles. The van der Waals surface area contributed by atoms with E-state index in [1.54, 1.807) is 0 Å². The topological polar surface area (TPSA) is 20.2 Å². The van der Waals surface area contributed by atoms with Crippen molar-refractivity contribution in [3.8, 4) is 0 Å². The Bertz CT molecular complexity index is 201. The van der Waals surface area contributed by atoms with Crippen molar-refractivity contribution >= 4 is 31.9 Å². The summed E-state index contributed by atoms with van der Waals surface area (Å²) in [6, 6.07) is 0. The number of hydrogen-bond donors (Lipinski definition) is 1. The van der Waals surface area contributed by atoms with E-state index < -0.39 is 0 Å². The molecular formula is C11H18Br2O. The fourth-order valence-corrected chi connectivity index (χ4v) is 4.16. The number of rotatable bonds is 1. The van der Waals surface area contributed by atoms with Crippen LogP contribution in [0.25, 0.3) is 0 Å². The van der Waals surface area contributed by atoms with Gasteiger partial charge in [-0.2, -0.15) is 0 Å². The van der Waals surface area contributed by atoms with E-state index in [0.717, 1.165) is 11.8 Å². The van der Waals surface area contributed by atoms with Gasteiger partial charge in [0.2, 0.25) is 0 Å². The van der Waals surface area contributed by atoms with Crippen LogP contribution in [0.4, 0.5) is 0 Å². The molecule has 1 unspecified atom stereocenters. The smallest absolute Gasteiger partial charge is 0.0490 e. The molecule has 82 valence electrons. The van der Waals surface area contributed by atoms with Gasteiger partial charge < -0.3 is 5.11 Å². The molecular weight excluding hydrogens is 308 g/mol. The highest BCUT2D eigenvalue weighted by Crippen LogP contribution is 2.63. The lowest BCUT2D eigenvalue weighted by Crippen LogP contribution is -2.16. The van der Waals surface area contributed by atoms with Crippen molar-refractivity contribution < 1.29 is 5.11 Å². The van der Waals surface area contributed by atoms with Crippen LogP contribution in [0.1, 0.15) is 32.6 Å². The van der Waals surface area contributed by atoms with E-state index in [1.165, 1.54) is 25.7 Å². The second-order valence-electron chi connectivity index (χ2n) is 5.06. The van der Waals surface area contributed by atoms with Gasteiger partial charge in [-0.3, -0.25) is 0 Å². The molecule has 0 bridgehead atoms. The maximum absolute atomic E-state index is 9.39. The number of aliphatic hydroxyl groups excluding tert-OH is 1. The molecule has 2 rings (SSSR count). The molecule has 0 amide bonds. The molecule has 1 nitrogen and oxygen atoms in total. The Morgan fingerprint density at radius 3 is 1.86 bits per heavy atom. The molecule has 1 N–H and O–H groups in total. The average molecular weight is 326 g/mol. The summed E-state index contributed by atoms with van der Waals surface area (Å²) < 4.78 is 0. The van der Waals surface area contributed by atoms with Crippen LogP contribution in [-0.2, 0) is 0 Å². The lowest BCUT2D eigenvalue weighted by atomic mass is 10.0. The van der Waals surface area contributed by atoms with Crippen molar-refractivity contribution in [3.05, 3.63) is 0 Å². The normalized spacial score (nSPS) is 53.1. The van der Waals surface area contributed by atoms with E-state index >= 15 is 0 Å². The molecule has 0 radical (unpaired) electrons. The summed E-state index contributed by atoms with van der Waals surface area (Å²) in [6.07, 6.45) is 5.04. The first-order chi connectivity index (χ1) is 6.59. The maximum Gasteiger partial charge on any atom is 0.0490 e. The zero-order chi connectivity index (χ0) is 10.3. The van der Waals surface area contributed by atoms with Crippen LogP contribution in [0.3, 0.4) is 0 Å². The van der Waals surface area contributed by atoms with E-state index in [2.05, 4.69) is 38.8 Å². The van der Waals surface area contributed by atoms with Gasteiger partial charge in [0, 0.05) is 16.3 Å². The zero-order valence-corrected chi connectivity index (χ0v) is 11.7. The number of alkyl halides is 2. The average Bonchev–Trinajstić information content (AvgIpc) is 2.74. The molecule has 5 atom stereocenters. The number of aliphatic hydroxyl groups is 1. The summed E-state index contributed by atoms with van der Waals surface area (Å²) in [5.74, 6) is 1.57. The van der Waals surface area contributed by atoms with Gasteiger partial charge in [-0.05, 0) is 42.9 Å². The molecule has 0 aromatic carbocycles. The Morgan fingerprint density at radius 2 is 1.50 bits per heavy atom. The Morgan fingerprint density at radius 1 is 1.07 bits per heavy atom. The van der Waals surface area contributed by atoms with Gasteiger partial charge in [0.1, 0.15) is 0 Å². The van der Waals surface area contributed by atoms with Crippen LogP contribution in [0.2, 0.25) is 0 Å². The minimum atomic E-state index is 0.254. The van der Waals surface area contributed by atoms with Crippen LogP contribution < -0.4 is 0 Å². The Kier molecular flexibility index (Phi) is 3.31. The molecule has 14 heavy (non-hydrogen) atoms. The molecule has 2 saturated carbocycles. The van der Waals surface area contributed by atoms with Crippen LogP contribution in [0.5, 0.6) is 0 Å². The van der Waals surface area contributed by atoms with Gasteiger partial charge in [-0.25, -0.2) is 0 Å². The SMILES string of the molecule is CC1(CO)[C@@H]2CC[C@H](Br)[C@@H](Br)CC[C@@H]21. The van der Waals surface area contributed by atoms with Gasteiger partial charge in [0.25, 0.3) is 0 Å². The Hall–Kier alpha value is 0.920. The van der Waals surface area contributed by atoms with Crippen molar-refractivity contribution in [1.82, 2.24) is 0 Å². The van der Waals surface area contributed by atoms with E-state index in [1.807, 2.05) is 0 Å². The monoisotopic (exact) mass is 324 g/mol. The second kappa shape index (κ2) is 4.06. The first-order valence-corrected chi connectivity index (χ1v) is 7.31. The summed E-state index contributed by atoms with van der Waals surface area (Å²) in [5, 5.41) is 9.39. The molecule has 2 aliphatic carbocycles. The van der Waals surface area contributed by atoms with Crippen molar-refractivity contribution in [2.75, 3.05) is 6.61 Å². The summed E-state index contributed by atoms with van der Waals surface area (Å²) in [4.78, 5) is 1.24. The number of hydrogen-bond acceptors (Lipinski definition) is 1. The first kappa shape index (κ1) is 11.4. The molecule has 2 aliphatic rings. The third-order valence-corrected chi connectivity index (χ3v) is 7.21. The fourth-order valence-electron chi connectivity index (χ4n) is 3.10. The third kappa shape index (κ3) is 1.80. The largest absolute Gasteiger partial charge is 0.396 e. The highest BCUT2D eigenvalue weighted by atomic mass is 79.9. The molecule has 3 heteroatoms.